The molecule has 8 nitrogen and oxygen atoms in total. The molecule has 0 aliphatic rings. The Hall–Kier alpha value is -2.38. The van der Waals surface area contributed by atoms with Crippen LogP contribution in [0.25, 0.3) is 0 Å². The molecule has 74 valence electrons. The quantitative estimate of drug-likeness (QED) is 0.406. The zero-order valence-corrected chi connectivity index (χ0v) is 6.73. The summed E-state index contributed by atoms with van der Waals surface area (Å²) in [5.41, 5.74) is -0.0777. The Balaban J connectivity index is 3.01. The van der Waals surface area contributed by atoms with Crippen LogP contribution in [-0.4, -0.2) is 9.72 Å². The van der Waals surface area contributed by atoms with Gasteiger partial charge in [-0.25, -0.2) is 0 Å². The molecule has 0 aromatic heterocycles. The molecular weight excluding hydrogens is 192 g/mol. The van der Waals surface area contributed by atoms with Crippen LogP contribution < -0.4 is 0 Å². The van der Waals surface area contributed by atoms with Crippen molar-refractivity contribution in [3.05, 3.63) is 45.1 Å². The largest absolute Gasteiger partial charge is 0.739 e. The van der Waals surface area contributed by atoms with Crippen LogP contribution in [0.1, 0.15) is 0 Å². The minimum absolute atomic E-state index is 0.0388. The van der Waals surface area contributed by atoms with Crippen LogP contribution in [0.15, 0.2) is 34.8 Å². The van der Waals surface area contributed by atoms with Gasteiger partial charge in [0, 0.05) is 24.3 Å². The van der Waals surface area contributed by atoms with E-state index in [0.29, 0.717) is 0 Å². The third-order valence-corrected chi connectivity index (χ3v) is 1.44. The van der Waals surface area contributed by atoms with E-state index >= 15 is 0 Å². The molecule has 0 atom stereocenters. The average molecular weight is 196 g/mol. The summed E-state index contributed by atoms with van der Waals surface area (Å²) in [7, 11) is 0. The van der Waals surface area contributed by atoms with E-state index in [-0.39, 0.29) is 21.1 Å². The maximum Gasteiger partial charge on any atom is 0.244 e. The summed E-state index contributed by atoms with van der Waals surface area (Å²) < 4.78 is 0. The second-order valence-corrected chi connectivity index (χ2v) is 2.23. The Morgan fingerprint density at radius 3 is 1.29 bits per heavy atom. The first kappa shape index (κ1) is 9.71. The summed E-state index contributed by atoms with van der Waals surface area (Å²) in [5, 5.41) is 45.1. The maximum absolute atomic E-state index is 10.6. The van der Waals surface area contributed by atoms with E-state index in [4.69, 9.17) is 0 Å². The summed E-state index contributed by atoms with van der Waals surface area (Å²) >= 11 is 0. The topological polar surface area (TPSA) is 123 Å². The maximum atomic E-state index is 10.6. The SMILES string of the molecule is [O-]/N=[N+](\[O-])c1ccc(/[N+]([O-])=N/[O-])cc1. The van der Waals surface area contributed by atoms with E-state index in [2.05, 4.69) is 10.6 Å². The molecule has 1 rings (SSSR count). The summed E-state index contributed by atoms with van der Waals surface area (Å²) in [4.78, 5) is -0.319. The highest BCUT2D eigenvalue weighted by atomic mass is 16.6. The lowest BCUT2D eigenvalue weighted by atomic mass is 10.3. The lowest BCUT2D eigenvalue weighted by Gasteiger charge is -2.02. The van der Waals surface area contributed by atoms with Gasteiger partial charge in [-0.05, 0) is 10.6 Å². The van der Waals surface area contributed by atoms with Gasteiger partial charge in [-0.15, -0.1) is 0 Å². The van der Waals surface area contributed by atoms with Gasteiger partial charge >= 0.3 is 0 Å². The monoisotopic (exact) mass is 196 g/mol. The summed E-state index contributed by atoms with van der Waals surface area (Å²) in [6.07, 6.45) is 0. The number of nitrogens with zero attached hydrogens (tertiary/aromatic N) is 4. The molecular formula is C6H4N4O4-2. The second-order valence-electron chi connectivity index (χ2n) is 2.23. The van der Waals surface area contributed by atoms with E-state index in [9.17, 15) is 20.8 Å². The minimum Gasteiger partial charge on any atom is -0.739 e. The van der Waals surface area contributed by atoms with Crippen molar-refractivity contribution in [3.63, 3.8) is 0 Å². The van der Waals surface area contributed by atoms with Crippen molar-refractivity contribution in [2.75, 3.05) is 0 Å². The van der Waals surface area contributed by atoms with Crippen LogP contribution in [0.4, 0.5) is 11.4 Å². The standard InChI is InChI=1S/C6H6N4O4/c11-7-9(13)5-1-2-6(4-3-5)10(14)8-12/h1-4,11-12H/p-2/b9-7-,10-8-. The first-order chi connectivity index (χ1) is 6.69. The summed E-state index contributed by atoms with van der Waals surface area (Å²) in [6, 6.07) is 4.67. The van der Waals surface area contributed by atoms with Gasteiger partial charge in [-0.3, -0.25) is 0 Å². The van der Waals surface area contributed by atoms with Crippen molar-refractivity contribution in [2.45, 2.75) is 0 Å². The van der Waals surface area contributed by atoms with Gasteiger partial charge in [0.25, 0.3) is 0 Å². The van der Waals surface area contributed by atoms with E-state index < -0.39 is 0 Å². The van der Waals surface area contributed by atoms with Crippen molar-refractivity contribution in [3.8, 4) is 0 Å². The van der Waals surface area contributed by atoms with Crippen molar-refractivity contribution >= 4 is 11.4 Å². The highest BCUT2D eigenvalue weighted by Gasteiger charge is 2.05. The number of hydrogen-bond donors (Lipinski definition) is 0. The van der Waals surface area contributed by atoms with Crippen LogP contribution >= 0.6 is 0 Å². The lowest BCUT2D eigenvalue weighted by Crippen LogP contribution is -1.92. The zero-order chi connectivity index (χ0) is 10.6. The van der Waals surface area contributed by atoms with Gasteiger partial charge < -0.3 is 20.8 Å². The molecule has 0 saturated heterocycles. The molecule has 0 aliphatic heterocycles. The van der Waals surface area contributed by atoms with Crippen LogP contribution in [-0.2, 0) is 0 Å². The van der Waals surface area contributed by atoms with Crippen LogP contribution in [0.5, 0.6) is 0 Å². The van der Waals surface area contributed by atoms with Crippen LogP contribution in [0, 0.1) is 20.8 Å². The molecule has 0 saturated carbocycles. The predicted octanol–water partition coefficient (Wildman–Crippen LogP) is 1.87. The van der Waals surface area contributed by atoms with Crippen molar-refractivity contribution in [1.29, 1.82) is 0 Å². The fourth-order valence-electron chi connectivity index (χ4n) is 0.802. The fourth-order valence-corrected chi connectivity index (χ4v) is 0.802. The van der Waals surface area contributed by atoms with Gasteiger partial charge in [0.1, 0.15) is 0 Å². The third kappa shape index (κ3) is 1.86. The Morgan fingerprint density at radius 1 is 0.786 bits per heavy atom. The molecule has 1 aromatic rings. The molecule has 14 heavy (non-hydrogen) atoms. The molecule has 0 spiro atoms. The molecule has 0 N–H and O–H groups in total. The Morgan fingerprint density at radius 2 is 1.07 bits per heavy atom. The average Bonchev–Trinajstić information content (AvgIpc) is 2.27. The van der Waals surface area contributed by atoms with Crippen LogP contribution in [0.2, 0.25) is 0 Å². The molecule has 0 fully saturated rings. The van der Waals surface area contributed by atoms with Gasteiger partial charge in [-0.1, -0.05) is 9.72 Å². The van der Waals surface area contributed by atoms with E-state index in [1.54, 1.807) is 0 Å². The third-order valence-electron chi connectivity index (χ3n) is 1.44. The summed E-state index contributed by atoms with van der Waals surface area (Å²) in [6.45, 7) is 0. The Bertz CT molecular complexity index is 335. The normalized spacial score (nSPS) is 12.9. The molecule has 1 aromatic carbocycles. The second kappa shape index (κ2) is 4.03. The number of hydrogen-bond acceptors (Lipinski definition) is 6. The molecule has 0 heterocycles. The van der Waals surface area contributed by atoms with Gasteiger partial charge in [0.15, 0.2) is 0 Å². The Kier molecular flexibility index (Phi) is 2.79. The molecule has 0 amide bonds. The molecule has 8 heteroatoms. The highest BCUT2D eigenvalue weighted by molar-refractivity contribution is 5.39. The van der Waals surface area contributed by atoms with Crippen LogP contribution in [0.3, 0.4) is 0 Å². The first-order valence-electron chi connectivity index (χ1n) is 3.40. The van der Waals surface area contributed by atoms with E-state index in [1.165, 1.54) is 24.3 Å². The molecule has 0 radical (unpaired) electrons. The minimum atomic E-state index is -0.159. The van der Waals surface area contributed by atoms with E-state index in [1.807, 2.05) is 0 Å². The number of benzene rings is 1. The fraction of sp³-hybridized carbons (Fsp3) is 0. The predicted molar refractivity (Wildman–Crippen MR) is 44.6 cm³/mol. The Labute approximate surface area is 77.7 Å². The molecule has 0 bridgehead atoms. The zero-order valence-electron chi connectivity index (χ0n) is 6.73. The van der Waals surface area contributed by atoms with Gasteiger partial charge in [0.05, 0.1) is 0 Å². The van der Waals surface area contributed by atoms with Gasteiger partial charge in [0.2, 0.25) is 11.4 Å². The number of rotatable bonds is 2. The van der Waals surface area contributed by atoms with Crippen molar-refractivity contribution in [1.82, 2.24) is 0 Å². The highest BCUT2D eigenvalue weighted by Crippen LogP contribution is 2.17. The first-order valence-corrected chi connectivity index (χ1v) is 3.40. The van der Waals surface area contributed by atoms with Crippen molar-refractivity contribution in [2.24, 2.45) is 10.6 Å². The lowest BCUT2D eigenvalue weighted by molar-refractivity contribution is -0.440. The van der Waals surface area contributed by atoms with Gasteiger partial charge in [-0.2, -0.15) is 0 Å². The summed E-state index contributed by atoms with van der Waals surface area (Å²) in [5.74, 6) is 0. The molecule has 0 aliphatic carbocycles. The smallest absolute Gasteiger partial charge is 0.244 e. The van der Waals surface area contributed by atoms with E-state index in [0.717, 1.165) is 0 Å². The van der Waals surface area contributed by atoms with Crippen molar-refractivity contribution < 1.29 is 9.72 Å². The molecule has 0 unspecified atom stereocenters.